The minimum Gasteiger partial charge on any atom is -0.313 e. The van der Waals surface area contributed by atoms with Crippen LogP contribution in [0, 0.1) is 0 Å². The lowest BCUT2D eigenvalue weighted by molar-refractivity contribution is -0.116. The van der Waals surface area contributed by atoms with E-state index in [0.29, 0.717) is 13.1 Å². The van der Waals surface area contributed by atoms with E-state index < -0.39 is 10.0 Å². The van der Waals surface area contributed by atoms with Crippen molar-refractivity contribution in [1.29, 1.82) is 0 Å². The smallest absolute Gasteiger partial charge is 0.240 e. The van der Waals surface area contributed by atoms with Crippen molar-refractivity contribution in [2.24, 2.45) is 0 Å². The Hall–Kier alpha value is -1.44. The van der Waals surface area contributed by atoms with Gasteiger partial charge in [0, 0.05) is 31.7 Å². The van der Waals surface area contributed by atoms with Crippen LogP contribution in [0.3, 0.4) is 0 Å². The molecule has 1 fully saturated rings. The number of nitrogens with one attached hydrogen (secondary N) is 2. The standard InChI is InChI=1S/C16H23N3O3S/c1-12(20)19-9-3-4-13-6-7-15(10-16(13)19)23(21,22)18-11-14-5-2-8-17-14/h6-7,10,14,17-18H,2-5,8-9,11H2,1H3. The molecule has 0 spiro atoms. The molecule has 7 heteroatoms. The molecule has 0 radical (unpaired) electrons. The van der Waals surface area contributed by atoms with Crippen molar-refractivity contribution in [2.45, 2.75) is 43.5 Å². The number of aryl methyl sites for hydroxylation is 1. The van der Waals surface area contributed by atoms with E-state index in [1.807, 2.05) is 6.07 Å². The fourth-order valence-electron chi connectivity index (χ4n) is 3.27. The van der Waals surface area contributed by atoms with Crippen LogP contribution in [0.4, 0.5) is 5.69 Å². The SMILES string of the molecule is CC(=O)N1CCCc2ccc(S(=O)(=O)NCC3CCCN3)cc21. The Morgan fingerprint density at radius 2 is 2.22 bits per heavy atom. The van der Waals surface area contributed by atoms with Crippen molar-refractivity contribution >= 4 is 21.6 Å². The Morgan fingerprint density at radius 1 is 1.39 bits per heavy atom. The van der Waals surface area contributed by atoms with Crippen LogP contribution in [-0.4, -0.2) is 40.0 Å². The third-order valence-corrected chi connectivity index (χ3v) is 5.97. The quantitative estimate of drug-likeness (QED) is 0.860. The molecule has 0 aliphatic carbocycles. The molecule has 2 aliphatic heterocycles. The maximum Gasteiger partial charge on any atom is 0.240 e. The van der Waals surface area contributed by atoms with Gasteiger partial charge in [-0.1, -0.05) is 6.07 Å². The maximum atomic E-state index is 12.5. The van der Waals surface area contributed by atoms with E-state index in [-0.39, 0.29) is 16.8 Å². The summed E-state index contributed by atoms with van der Waals surface area (Å²) >= 11 is 0. The van der Waals surface area contributed by atoms with E-state index in [1.54, 1.807) is 17.0 Å². The molecule has 2 aliphatic rings. The van der Waals surface area contributed by atoms with Gasteiger partial charge >= 0.3 is 0 Å². The van der Waals surface area contributed by atoms with E-state index in [1.165, 1.54) is 6.92 Å². The van der Waals surface area contributed by atoms with Crippen molar-refractivity contribution in [3.05, 3.63) is 23.8 Å². The second-order valence-corrected chi connectivity index (χ2v) is 7.98. The number of amides is 1. The molecule has 0 saturated carbocycles. The van der Waals surface area contributed by atoms with Crippen molar-refractivity contribution in [1.82, 2.24) is 10.0 Å². The van der Waals surface area contributed by atoms with Crippen LogP contribution in [0.1, 0.15) is 31.7 Å². The van der Waals surface area contributed by atoms with E-state index in [2.05, 4.69) is 10.0 Å². The second-order valence-electron chi connectivity index (χ2n) is 6.21. The zero-order chi connectivity index (χ0) is 16.4. The number of carbonyl (C=O) groups is 1. The Bertz CT molecular complexity index is 697. The molecule has 0 bridgehead atoms. The molecule has 126 valence electrons. The molecule has 2 heterocycles. The first-order valence-corrected chi connectivity index (χ1v) is 9.60. The van der Waals surface area contributed by atoms with Gasteiger partial charge in [-0.3, -0.25) is 4.79 Å². The zero-order valence-corrected chi connectivity index (χ0v) is 14.2. The molecule has 23 heavy (non-hydrogen) atoms. The average Bonchev–Trinajstić information content (AvgIpc) is 3.05. The Labute approximate surface area is 137 Å². The molecule has 1 aromatic rings. The molecule has 1 unspecified atom stereocenters. The highest BCUT2D eigenvalue weighted by molar-refractivity contribution is 7.89. The van der Waals surface area contributed by atoms with Crippen molar-refractivity contribution in [2.75, 3.05) is 24.5 Å². The van der Waals surface area contributed by atoms with Gasteiger partial charge in [-0.05, 0) is 49.9 Å². The molecule has 2 N–H and O–H groups in total. The van der Waals surface area contributed by atoms with Gasteiger partial charge < -0.3 is 10.2 Å². The molecule has 1 aromatic carbocycles. The second kappa shape index (κ2) is 6.59. The molecular formula is C16H23N3O3S. The van der Waals surface area contributed by atoms with Crippen LogP contribution >= 0.6 is 0 Å². The summed E-state index contributed by atoms with van der Waals surface area (Å²) in [5.41, 5.74) is 1.76. The average molecular weight is 337 g/mol. The molecule has 0 aromatic heterocycles. The number of benzene rings is 1. The minimum absolute atomic E-state index is 0.0522. The fourth-order valence-corrected chi connectivity index (χ4v) is 4.37. The van der Waals surface area contributed by atoms with E-state index in [9.17, 15) is 13.2 Å². The van der Waals surface area contributed by atoms with Gasteiger partial charge in [0.2, 0.25) is 15.9 Å². The van der Waals surface area contributed by atoms with Gasteiger partial charge in [0.25, 0.3) is 0 Å². The van der Waals surface area contributed by atoms with Crippen LogP contribution < -0.4 is 14.9 Å². The first kappa shape index (κ1) is 16.4. The summed E-state index contributed by atoms with van der Waals surface area (Å²) in [5, 5.41) is 3.27. The number of carbonyl (C=O) groups excluding carboxylic acids is 1. The number of rotatable bonds is 4. The lowest BCUT2D eigenvalue weighted by atomic mass is 10.0. The molecule has 1 atom stereocenters. The fraction of sp³-hybridized carbons (Fsp3) is 0.562. The van der Waals surface area contributed by atoms with Crippen LogP contribution in [0.25, 0.3) is 0 Å². The summed E-state index contributed by atoms with van der Waals surface area (Å²) in [4.78, 5) is 13.7. The summed E-state index contributed by atoms with van der Waals surface area (Å²) in [7, 11) is -3.56. The van der Waals surface area contributed by atoms with Crippen LogP contribution in [0.15, 0.2) is 23.1 Å². The third kappa shape index (κ3) is 3.57. The summed E-state index contributed by atoms with van der Waals surface area (Å²) in [5.74, 6) is -0.0522. The molecule has 3 rings (SSSR count). The van der Waals surface area contributed by atoms with Crippen LogP contribution in [-0.2, 0) is 21.2 Å². The lowest BCUT2D eigenvalue weighted by Gasteiger charge is -2.29. The van der Waals surface area contributed by atoms with Gasteiger partial charge in [0.1, 0.15) is 0 Å². The normalized spacial score (nSPS) is 21.3. The summed E-state index contributed by atoms with van der Waals surface area (Å²) < 4.78 is 27.7. The van der Waals surface area contributed by atoms with Crippen LogP contribution in [0.2, 0.25) is 0 Å². The first-order chi connectivity index (χ1) is 11.0. The van der Waals surface area contributed by atoms with E-state index >= 15 is 0 Å². The summed E-state index contributed by atoms with van der Waals surface area (Å²) in [6.45, 7) is 3.50. The molecule has 1 amide bonds. The Kier molecular flexibility index (Phi) is 4.70. The topological polar surface area (TPSA) is 78.5 Å². The Balaban J connectivity index is 1.82. The first-order valence-electron chi connectivity index (χ1n) is 8.11. The highest BCUT2D eigenvalue weighted by Gasteiger charge is 2.24. The van der Waals surface area contributed by atoms with Crippen LogP contribution in [0.5, 0.6) is 0 Å². The van der Waals surface area contributed by atoms with Gasteiger partial charge in [-0.15, -0.1) is 0 Å². The number of anilines is 1. The van der Waals surface area contributed by atoms with E-state index in [4.69, 9.17) is 0 Å². The minimum atomic E-state index is -3.56. The lowest BCUT2D eigenvalue weighted by Crippen LogP contribution is -2.37. The van der Waals surface area contributed by atoms with Gasteiger partial charge in [0.15, 0.2) is 0 Å². The number of hydrogen-bond donors (Lipinski definition) is 2. The predicted octanol–water partition coefficient (Wildman–Crippen LogP) is 1.02. The molecular weight excluding hydrogens is 314 g/mol. The Morgan fingerprint density at radius 3 is 2.91 bits per heavy atom. The summed E-state index contributed by atoms with van der Waals surface area (Å²) in [6.07, 6.45) is 3.85. The van der Waals surface area contributed by atoms with Gasteiger partial charge in [0.05, 0.1) is 4.90 Å². The number of fused-ring (bicyclic) bond motifs is 1. The summed E-state index contributed by atoms with van der Waals surface area (Å²) in [6, 6.07) is 5.29. The number of nitrogens with zero attached hydrogens (tertiary/aromatic N) is 1. The zero-order valence-electron chi connectivity index (χ0n) is 13.3. The maximum absolute atomic E-state index is 12.5. The van der Waals surface area contributed by atoms with Gasteiger partial charge in [-0.2, -0.15) is 0 Å². The predicted molar refractivity (Wildman–Crippen MR) is 89.0 cm³/mol. The van der Waals surface area contributed by atoms with Gasteiger partial charge in [-0.25, -0.2) is 13.1 Å². The highest BCUT2D eigenvalue weighted by Crippen LogP contribution is 2.29. The number of sulfonamides is 1. The van der Waals surface area contributed by atoms with E-state index in [0.717, 1.165) is 43.5 Å². The van der Waals surface area contributed by atoms with Crippen molar-refractivity contribution < 1.29 is 13.2 Å². The number of hydrogen-bond acceptors (Lipinski definition) is 4. The van der Waals surface area contributed by atoms with Crippen molar-refractivity contribution in [3.8, 4) is 0 Å². The van der Waals surface area contributed by atoms with Crippen molar-refractivity contribution in [3.63, 3.8) is 0 Å². The highest BCUT2D eigenvalue weighted by atomic mass is 32.2. The molecule has 6 nitrogen and oxygen atoms in total. The largest absolute Gasteiger partial charge is 0.313 e. The third-order valence-electron chi connectivity index (χ3n) is 4.55. The molecule has 1 saturated heterocycles. The monoisotopic (exact) mass is 337 g/mol.